The molecule has 0 saturated carbocycles. The van der Waals surface area contributed by atoms with Crippen molar-refractivity contribution in [3.05, 3.63) is 66.9 Å². The molecule has 6 N–H and O–H groups in total. The van der Waals surface area contributed by atoms with Gasteiger partial charge in [-0.3, -0.25) is 4.98 Å². The average Bonchev–Trinajstić information content (AvgIpc) is 2.83. The molecule has 10 heteroatoms. The van der Waals surface area contributed by atoms with Crippen molar-refractivity contribution in [1.82, 2.24) is 15.0 Å². The van der Waals surface area contributed by atoms with Crippen molar-refractivity contribution in [2.24, 2.45) is 5.14 Å². The topological polar surface area (TPSA) is 138 Å². The van der Waals surface area contributed by atoms with E-state index in [1.54, 1.807) is 24.3 Å². The standard InChI is InChI=1S/C13H20N4O3S.C10H10N2/c14-21(20)15-9-5-4-8-12(10-18)17-13(19)16-11-6-2-1-3-7-11;1-11-9-6-2-4-8-5-3-7-12-10(8)9/h1-3,6-7,10,12,15H,4-5,8-9,14H2,(H2,16,17,19);2-7,11H,1H3. The van der Waals surface area contributed by atoms with Gasteiger partial charge in [0.25, 0.3) is 0 Å². The molecular formula is C23H30N6O3S. The van der Waals surface area contributed by atoms with Crippen LogP contribution in [-0.4, -0.2) is 41.1 Å². The van der Waals surface area contributed by atoms with Crippen molar-refractivity contribution < 1.29 is 13.8 Å². The molecule has 9 nitrogen and oxygen atoms in total. The first-order valence-electron chi connectivity index (χ1n) is 10.5. The number of anilines is 2. The molecule has 2 amide bonds. The molecular weight excluding hydrogens is 440 g/mol. The summed E-state index contributed by atoms with van der Waals surface area (Å²) in [5.74, 6) is 0. The van der Waals surface area contributed by atoms with Gasteiger partial charge in [-0.1, -0.05) is 36.4 Å². The Bertz CT molecular complexity index is 1030. The van der Waals surface area contributed by atoms with Gasteiger partial charge in [-0.05, 0) is 43.5 Å². The van der Waals surface area contributed by atoms with Crippen LogP contribution >= 0.6 is 0 Å². The van der Waals surface area contributed by atoms with Crippen LogP contribution in [0.3, 0.4) is 0 Å². The molecule has 2 unspecified atom stereocenters. The quantitative estimate of drug-likeness (QED) is 0.229. The number of nitrogens with zero attached hydrogens (tertiary/aromatic N) is 1. The molecule has 0 aliphatic rings. The number of nitrogens with one attached hydrogen (secondary N) is 4. The summed E-state index contributed by atoms with van der Waals surface area (Å²) in [5.41, 5.74) is 2.77. The summed E-state index contributed by atoms with van der Waals surface area (Å²) in [6, 6.07) is 18.1. The van der Waals surface area contributed by atoms with Crippen molar-refractivity contribution in [3.63, 3.8) is 0 Å². The Balaban J connectivity index is 0.000000268. The zero-order chi connectivity index (χ0) is 23.9. The number of carbonyl (C=O) groups excluding carboxylic acids is 2. The molecule has 0 radical (unpaired) electrons. The smallest absolute Gasteiger partial charge is 0.319 e. The first-order valence-corrected chi connectivity index (χ1v) is 11.7. The number of unbranched alkanes of at least 4 members (excludes halogenated alkanes) is 1. The number of carbonyl (C=O) groups is 2. The number of fused-ring (bicyclic) bond motifs is 1. The minimum Gasteiger partial charge on any atom is -0.386 e. The number of amides is 2. The number of urea groups is 1. The van der Waals surface area contributed by atoms with Crippen molar-refractivity contribution in [3.8, 4) is 0 Å². The van der Waals surface area contributed by atoms with Crippen LogP contribution in [0.15, 0.2) is 66.9 Å². The monoisotopic (exact) mass is 470 g/mol. The molecule has 0 saturated heterocycles. The normalized spacial score (nSPS) is 12.1. The molecule has 176 valence electrons. The van der Waals surface area contributed by atoms with Gasteiger partial charge in [0, 0.05) is 30.9 Å². The Kier molecular flexibility index (Phi) is 11.5. The number of hydrogen-bond donors (Lipinski definition) is 5. The summed E-state index contributed by atoms with van der Waals surface area (Å²) >= 11 is -1.51. The van der Waals surface area contributed by atoms with Gasteiger partial charge in [0.1, 0.15) is 6.29 Å². The van der Waals surface area contributed by atoms with Crippen LogP contribution in [0.4, 0.5) is 16.2 Å². The summed E-state index contributed by atoms with van der Waals surface area (Å²) < 4.78 is 13.1. The average molecular weight is 471 g/mol. The third-order valence-electron chi connectivity index (χ3n) is 4.60. The second kappa shape index (κ2) is 14.7. The van der Waals surface area contributed by atoms with Gasteiger partial charge in [-0.15, -0.1) is 0 Å². The maximum absolute atomic E-state index is 11.7. The predicted octanol–water partition coefficient (Wildman–Crippen LogP) is 2.95. The van der Waals surface area contributed by atoms with Crippen molar-refractivity contribution in [2.75, 3.05) is 24.2 Å². The largest absolute Gasteiger partial charge is 0.386 e. The van der Waals surface area contributed by atoms with E-state index in [0.717, 1.165) is 17.6 Å². The van der Waals surface area contributed by atoms with Crippen LogP contribution < -0.4 is 25.8 Å². The van der Waals surface area contributed by atoms with E-state index >= 15 is 0 Å². The van der Waals surface area contributed by atoms with E-state index in [-0.39, 0.29) is 0 Å². The van der Waals surface area contributed by atoms with Gasteiger partial charge in [0.15, 0.2) is 11.2 Å². The van der Waals surface area contributed by atoms with Gasteiger partial charge < -0.3 is 20.7 Å². The first kappa shape index (κ1) is 25.9. The second-order valence-corrected chi connectivity index (χ2v) is 7.91. The lowest BCUT2D eigenvalue weighted by Crippen LogP contribution is -2.39. The molecule has 1 aromatic heterocycles. The molecule has 0 bridgehead atoms. The minimum absolute atomic E-state index is 0.417. The van der Waals surface area contributed by atoms with Gasteiger partial charge in [-0.2, -0.15) is 0 Å². The van der Waals surface area contributed by atoms with Gasteiger partial charge in [0.05, 0.1) is 17.2 Å². The van der Waals surface area contributed by atoms with Crippen LogP contribution in [0.5, 0.6) is 0 Å². The summed E-state index contributed by atoms with van der Waals surface area (Å²) in [4.78, 5) is 26.9. The summed E-state index contributed by atoms with van der Waals surface area (Å²) in [6.07, 6.45) is 4.46. The van der Waals surface area contributed by atoms with E-state index in [1.165, 1.54) is 5.39 Å². The first-order chi connectivity index (χ1) is 16.0. The Morgan fingerprint density at radius 2 is 1.85 bits per heavy atom. The van der Waals surface area contributed by atoms with Crippen LogP contribution in [0, 0.1) is 0 Å². The zero-order valence-corrected chi connectivity index (χ0v) is 19.3. The van der Waals surface area contributed by atoms with Crippen LogP contribution in [0.25, 0.3) is 10.9 Å². The second-order valence-electron chi connectivity index (χ2n) is 7.03. The van der Waals surface area contributed by atoms with Crippen molar-refractivity contribution in [1.29, 1.82) is 0 Å². The van der Waals surface area contributed by atoms with Crippen LogP contribution in [0.1, 0.15) is 19.3 Å². The van der Waals surface area contributed by atoms with E-state index in [4.69, 9.17) is 5.14 Å². The molecule has 0 aliphatic heterocycles. The molecule has 3 aromatic rings. The van der Waals surface area contributed by atoms with E-state index in [2.05, 4.69) is 37.8 Å². The fourth-order valence-corrected chi connectivity index (χ4v) is 3.34. The van der Waals surface area contributed by atoms with E-state index < -0.39 is 23.2 Å². The van der Waals surface area contributed by atoms with E-state index in [1.807, 2.05) is 37.5 Å². The lowest BCUT2D eigenvalue weighted by molar-refractivity contribution is -0.109. The number of pyridine rings is 1. The third kappa shape index (κ3) is 9.77. The van der Waals surface area contributed by atoms with Crippen molar-refractivity contribution >= 4 is 45.8 Å². The van der Waals surface area contributed by atoms with Crippen LogP contribution in [0.2, 0.25) is 0 Å². The molecule has 0 fully saturated rings. The number of benzene rings is 2. The molecule has 0 spiro atoms. The highest BCUT2D eigenvalue weighted by molar-refractivity contribution is 7.80. The molecule has 2 atom stereocenters. The lowest BCUT2D eigenvalue weighted by Gasteiger charge is -2.13. The molecule has 2 aromatic carbocycles. The zero-order valence-electron chi connectivity index (χ0n) is 18.5. The van der Waals surface area contributed by atoms with Gasteiger partial charge in [-0.25, -0.2) is 18.9 Å². The van der Waals surface area contributed by atoms with E-state index in [0.29, 0.717) is 31.4 Å². The maximum atomic E-state index is 11.7. The lowest BCUT2D eigenvalue weighted by atomic mass is 10.1. The molecule has 3 rings (SSSR count). The number of para-hydroxylation sites is 2. The molecule has 0 aliphatic carbocycles. The number of nitrogens with two attached hydrogens (primary N) is 1. The summed E-state index contributed by atoms with van der Waals surface area (Å²) in [6.45, 7) is 0.505. The van der Waals surface area contributed by atoms with Gasteiger partial charge in [0.2, 0.25) is 0 Å². The number of rotatable bonds is 10. The van der Waals surface area contributed by atoms with Crippen LogP contribution in [-0.2, 0) is 16.0 Å². The Labute approximate surface area is 196 Å². The number of aldehydes is 1. The molecule has 1 heterocycles. The highest BCUT2D eigenvalue weighted by atomic mass is 32.2. The van der Waals surface area contributed by atoms with Gasteiger partial charge >= 0.3 is 6.03 Å². The minimum atomic E-state index is -1.51. The van der Waals surface area contributed by atoms with Crippen molar-refractivity contribution in [2.45, 2.75) is 25.3 Å². The number of aromatic nitrogens is 1. The predicted molar refractivity (Wildman–Crippen MR) is 134 cm³/mol. The molecule has 33 heavy (non-hydrogen) atoms. The Morgan fingerprint density at radius 3 is 2.55 bits per heavy atom. The Morgan fingerprint density at radius 1 is 1.09 bits per heavy atom. The third-order valence-corrected chi connectivity index (χ3v) is 5.09. The fraction of sp³-hybridized carbons (Fsp3) is 0.261. The Hall–Kier alpha value is -3.34. The summed E-state index contributed by atoms with van der Waals surface area (Å²) in [7, 11) is 1.91. The highest BCUT2D eigenvalue weighted by Crippen LogP contribution is 2.19. The maximum Gasteiger partial charge on any atom is 0.319 e. The number of hydrogen-bond acceptors (Lipinski definition) is 5. The summed E-state index contributed by atoms with van der Waals surface area (Å²) in [5, 5.41) is 14.6. The SMILES string of the molecule is CNc1cccc2cccnc12.NS(=O)NCCCCC(C=O)NC(=O)Nc1ccccc1. The fourth-order valence-electron chi connectivity index (χ4n) is 3.00. The van der Waals surface area contributed by atoms with E-state index in [9.17, 15) is 13.8 Å². The highest BCUT2D eigenvalue weighted by Gasteiger charge is 2.11.